The van der Waals surface area contributed by atoms with Crippen LogP contribution in [0, 0.1) is 5.92 Å². The minimum Gasteiger partial charge on any atom is -0.244 e. The van der Waals surface area contributed by atoms with E-state index in [-0.39, 0.29) is 0 Å². The summed E-state index contributed by atoms with van der Waals surface area (Å²) in [6.45, 7) is 8.42. The highest BCUT2D eigenvalue weighted by atomic mass is 19.1. The van der Waals surface area contributed by atoms with Crippen LogP contribution in [0.1, 0.15) is 79.1 Å². The third kappa shape index (κ3) is 6.17. The van der Waals surface area contributed by atoms with Crippen LogP contribution in [-0.2, 0) is 0 Å². The Morgan fingerprint density at radius 1 is 1.00 bits per heavy atom. The molecule has 0 aromatic rings. The lowest BCUT2D eigenvalue weighted by molar-refractivity contribution is 0.130. The number of halogens is 1. The van der Waals surface area contributed by atoms with Crippen LogP contribution in [-0.4, -0.2) is 5.67 Å². The minimum absolute atomic E-state index is 0.675. The average Bonchev–Trinajstić information content (AvgIpc) is 2.27. The average molecular weight is 216 g/mol. The first-order valence-electron chi connectivity index (χ1n) is 6.80. The van der Waals surface area contributed by atoms with Gasteiger partial charge in [0.2, 0.25) is 0 Å². The molecule has 1 atom stereocenters. The predicted molar refractivity (Wildman–Crippen MR) is 67.0 cm³/mol. The molecule has 0 fully saturated rings. The van der Waals surface area contributed by atoms with Crippen LogP contribution in [0.15, 0.2) is 0 Å². The van der Waals surface area contributed by atoms with Crippen LogP contribution in [0.25, 0.3) is 0 Å². The summed E-state index contributed by atoms with van der Waals surface area (Å²) in [5, 5.41) is 0. The van der Waals surface area contributed by atoms with Crippen LogP contribution in [0.5, 0.6) is 0 Å². The van der Waals surface area contributed by atoms with Crippen molar-refractivity contribution < 1.29 is 4.39 Å². The molecule has 0 aliphatic carbocycles. The number of hydrogen-bond donors (Lipinski definition) is 0. The van der Waals surface area contributed by atoms with E-state index >= 15 is 0 Å². The van der Waals surface area contributed by atoms with Crippen molar-refractivity contribution in [1.29, 1.82) is 0 Å². The molecule has 0 rings (SSSR count). The van der Waals surface area contributed by atoms with Gasteiger partial charge in [-0.05, 0) is 31.6 Å². The summed E-state index contributed by atoms with van der Waals surface area (Å²) in [6, 6.07) is 0. The summed E-state index contributed by atoms with van der Waals surface area (Å²) in [7, 11) is 0. The second kappa shape index (κ2) is 8.13. The Bertz CT molecular complexity index is 138. The van der Waals surface area contributed by atoms with E-state index in [9.17, 15) is 4.39 Å². The molecule has 0 aromatic heterocycles. The molecule has 0 aromatic carbocycles. The van der Waals surface area contributed by atoms with Gasteiger partial charge in [-0.3, -0.25) is 0 Å². The van der Waals surface area contributed by atoms with Crippen LogP contribution in [0.3, 0.4) is 0 Å². The third-order valence-electron chi connectivity index (χ3n) is 3.78. The van der Waals surface area contributed by atoms with E-state index in [4.69, 9.17) is 0 Å². The first-order valence-corrected chi connectivity index (χ1v) is 6.80. The second-order valence-electron chi connectivity index (χ2n) is 4.81. The Morgan fingerprint density at radius 3 is 2.00 bits per heavy atom. The van der Waals surface area contributed by atoms with Crippen LogP contribution in [0.2, 0.25) is 0 Å². The van der Waals surface area contributed by atoms with E-state index in [0.29, 0.717) is 12.8 Å². The highest BCUT2D eigenvalue weighted by molar-refractivity contribution is 4.75. The van der Waals surface area contributed by atoms with Crippen LogP contribution in [0.4, 0.5) is 4.39 Å². The summed E-state index contributed by atoms with van der Waals surface area (Å²) < 4.78 is 14.0. The fraction of sp³-hybridized carbons (Fsp3) is 1.00. The van der Waals surface area contributed by atoms with Crippen molar-refractivity contribution in [3.8, 4) is 0 Å². The Hall–Kier alpha value is -0.0700. The molecule has 0 nitrogen and oxygen atoms in total. The van der Waals surface area contributed by atoms with Crippen molar-refractivity contribution in [2.45, 2.75) is 84.7 Å². The first-order chi connectivity index (χ1) is 7.11. The zero-order chi connectivity index (χ0) is 11.7. The Morgan fingerprint density at radius 2 is 1.60 bits per heavy atom. The molecule has 0 spiro atoms. The maximum atomic E-state index is 14.0. The Balaban J connectivity index is 3.75. The largest absolute Gasteiger partial charge is 0.244 e. The molecule has 0 radical (unpaired) electrons. The molecule has 0 aliphatic heterocycles. The summed E-state index contributed by atoms with van der Waals surface area (Å²) in [5.41, 5.74) is -0.884. The molecular weight excluding hydrogens is 187 g/mol. The summed E-state index contributed by atoms with van der Waals surface area (Å²) in [4.78, 5) is 0. The zero-order valence-corrected chi connectivity index (χ0v) is 11.1. The highest BCUT2D eigenvalue weighted by Crippen LogP contribution is 2.29. The van der Waals surface area contributed by atoms with E-state index in [2.05, 4.69) is 13.8 Å². The fourth-order valence-corrected chi connectivity index (χ4v) is 2.27. The number of rotatable bonds is 9. The molecule has 0 amide bonds. The molecule has 1 heteroatoms. The molecule has 0 N–H and O–H groups in total. The molecule has 0 aliphatic rings. The van der Waals surface area contributed by atoms with Gasteiger partial charge in [0.05, 0.1) is 0 Å². The van der Waals surface area contributed by atoms with Crippen molar-refractivity contribution in [2.24, 2.45) is 5.92 Å². The van der Waals surface area contributed by atoms with Gasteiger partial charge in [0.25, 0.3) is 0 Å². The quantitative estimate of drug-likeness (QED) is 0.476. The fourth-order valence-electron chi connectivity index (χ4n) is 2.27. The first kappa shape index (κ1) is 14.9. The predicted octanol–water partition coefficient (Wildman–Crippen LogP) is 5.51. The van der Waals surface area contributed by atoms with Gasteiger partial charge in [-0.15, -0.1) is 0 Å². The molecule has 92 valence electrons. The van der Waals surface area contributed by atoms with Crippen LogP contribution < -0.4 is 0 Å². The van der Waals surface area contributed by atoms with Crippen molar-refractivity contribution in [2.75, 3.05) is 0 Å². The smallest absolute Gasteiger partial charge is 0.110 e. The van der Waals surface area contributed by atoms with Gasteiger partial charge in [0, 0.05) is 0 Å². The molecule has 0 saturated heterocycles. The SMILES string of the molecule is CCCC(CC)CCCC(F)(CC)CC. The standard InChI is InChI=1S/C14H29F/c1-5-10-13(6-2)11-9-12-14(15,7-3)8-4/h13H,5-12H2,1-4H3. The second-order valence-corrected chi connectivity index (χ2v) is 4.81. The topological polar surface area (TPSA) is 0 Å². The van der Waals surface area contributed by atoms with Crippen molar-refractivity contribution in [3.63, 3.8) is 0 Å². The van der Waals surface area contributed by atoms with Gasteiger partial charge in [-0.2, -0.15) is 0 Å². The maximum Gasteiger partial charge on any atom is 0.110 e. The van der Waals surface area contributed by atoms with E-state index < -0.39 is 5.67 Å². The van der Waals surface area contributed by atoms with Gasteiger partial charge in [-0.1, -0.05) is 53.4 Å². The highest BCUT2D eigenvalue weighted by Gasteiger charge is 2.24. The van der Waals surface area contributed by atoms with Crippen molar-refractivity contribution in [1.82, 2.24) is 0 Å². The summed E-state index contributed by atoms with van der Waals surface area (Å²) in [5.74, 6) is 0.827. The lowest BCUT2D eigenvalue weighted by atomic mass is 9.88. The van der Waals surface area contributed by atoms with Gasteiger partial charge in [-0.25, -0.2) is 4.39 Å². The molecule has 0 bridgehead atoms. The van der Waals surface area contributed by atoms with E-state index in [0.717, 1.165) is 18.8 Å². The van der Waals surface area contributed by atoms with E-state index in [1.807, 2.05) is 13.8 Å². The molecule has 0 saturated carbocycles. The van der Waals surface area contributed by atoms with Gasteiger partial charge >= 0.3 is 0 Å². The number of hydrogen-bond acceptors (Lipinski definition) is 0. The molecule has 0 heterocycles. The third-order valence-corrected chi connectivity index (χ3v) is 3.78. The van der Waals surface area contributed by atoms with Crippen molar-refractivity contribution in [3.05, 3.63) is 0 Å². The lowest BCUT2D eigenvalue weighted by Gasteiger charge is -2.23. The van der Waals surface area contributed by atoms with Gasteiger partial charge in [0.15, 0.2) is 0 Å². The molecule has 1 unspecified atom stereocenters. The molecule has 15 heavy (non-hydrogen) atoms. The van der Waals surface area contributed by atoms with Gasteiger partial charge in [0.1, 0.15) is 5.67 Å². The van der Waals surface area contributed by atoms with Crippen LogP contribution >= 0.6 is 0 Å². The number of alkyl halides is 1. The molecular formula is C14H29F. The monoisotopic (exact) mass is 216 g/mol. The normalized spacial score (nSPS) is 14.2. The Kier molecular flexibility index (Phi) is 8.09. The minimum atomic E-state index is -0.884. The maximum absolute atomic E-state index is 14.0. The summed E-state index contributed by atoms with van der Waals surface area (Å²) in [6.07, 6.45) is 8.23. The lowest BCUT2D eigenvalue weighted by Crippen LogP contribution is -2.20. The Labute approximate surface area is 95.6 Å². The van der Waals surface area contributed by atoms with E-state index in [1.165, 1.54) is 25.7 Å². The van der Waals surface area contributed by atoms with E-state index in [1.54, 1.807) is 0 Å². The summed E-state index contributed by atoms with van der Waals surface area (Å²) >= 11 is 0. The van der Waals surface area contributed by atoms with Crippen molar-refractivity contribution >= 4 is 0 Å². The van der Waals surface area contributed by atoms with Gasteiger partial charge < -0.3 is 0 Å². The zero-order valence-electron chi connectivity index (χ0n) is 11.1.